The van der Waals surface area contributed by atoms with E-state index in [0.29, 0.717) is 12.1 Å². The fourth-order valence-electron chi connectivity index (χ4n) is 7.52. The van der Waals surface area contributed by atoms with Crippen LogP contribution in [0.2, 0.25) is 0 Å². The molecule has 0 unspecified atom stereocenters. The average Bonchev–Trinajstić information content (AvgIpc) is 4.01. The number of rotatable bonds is 10. The third kappa shape index (κ3) is 7.34. The highest BCUT2D eigenvalue weighted by molar-refractivity contribution is 6.05. The van der Waals surface area contributed by atoms with Crippen LogP contribution in [0, 0.1) is 11.6 Å². The summed E-state index contributed by atoms with van der Waals surface area (Å²) >= 11 is 0. The monoisotopic (exact) mass is 805 g/mol. The van der Waals surface area contributed by atoms with Crippen LogP contribution in [0.4, 0.5) is 38.1 Å². The number of amides is 4. The smallest absolute Gasteiger partial charge is 0.367 e. The fourth-order valence-corrected chi connectivity index (χ4v) is 7.52. The van der Waals surface area contributed by atoms with E-state index < -0.39 is 41.0 Å². The second kappa shape index (κ2) is 14.9. The SMILES string of the molecule is CC(C)(c1n[nH]c(CNC(=O)c2cc(-c3ncc(-c4ccc(CN5CC[C@H]6[C@@H]5CCN6c5ccc(N6CCC(=O)NC6=O)c(F)c5)cc4F)cn3)no2)n1)C(F)(F)F. The number of urea groups is 1. The summed E-state index contributed by atoms with van der Waals surface area (Å²) in [6.07, 6.45) is 0.0785. The van der Waals surface area contributed by atoms with Crippen LogP contribution in [0.1, 0.15) is 60.9 Å². The van der Waals surface area contributed by atoms with Gasteiger partial charge in [-0.05, 0) is 56.5 Å². The fraction of sp³-hybridized carbons (Fsp3) is 0.368. The number of benzene rings is 2. The summed E-state index contributed by atoms with van der Waals surface area (Å²) in [5.41, 5.74) is 0.163. The minimum Gasteiger partial charge on any atom is -0.367 e. The van der Waals surface area contributed by atoms with Crippen LogP contribution in [0.5, 0.6) is 0 Å². The van der Waals surface area contributed by atoms with Crippen LogP contribution in [0.25, 0.3) is 22.6 Å². The highest BCUT2D eigenvalue weighted by Crippen LogP contribution is 2.39. The lowest BCUT2D eigenvalue weighted by Gasteiger charge is -2.29. The van der Waals surface area contributed by atoms with Gasteiger partial charge in [-0.2, -0.15) is 18.3 Å². The van der Waals surface area contributed by atoms with Gasteiger partial charge in [0.15, 0.2) is 17.3 Å². The second-order valence-electron chi connectivity index (χ2n) is 14.9. The molecule has 3 fully saturated rings. The molecule has 3 N–H and O–H groups in total. The van der Waals surface area contributed by atoms with E-state index in [2.05, 4.69) is 50.7 Å². The highest BCUT2D eigenvalue weighted by atomic mass is 19.4. The number of imide groups is 1. The zero-order valence-corrected chi connectivity index (χ0v) is 31.1. The second-order valence-corrected chi connectivity index (χ2v) is 14.9. The Morgan fingerprint density at radius 3 is 2.47 bits per heavy atom. The zero-order chi connectivity index (χ0) is 40.9. The van der Waals surface area contributed by atoms with Crippen molar-refractivity contribution >= 4 is 29.2 Å². The number of halogens is 5. The molecule has 3 saturated heterocycles. The molecule has 3 aromatic heterocycles. The lowest BCUT2D eigenvalue weighted by Crippen LogP contribution is -2.49. The van der Waals surface area contributed by atoms with Gasteiger partial charge in [0.05, 0.1) is 12.2 Å². The summed E-state index contributed by atoms with van der Waals surface area (Å²) < 4.78 is 75.9. The third-order valence-electron chi connectivity index (χ3n) is 10.9. The Kier molecular flexibility index (Phi) is 9.90. The standard InChI is InChI=1S/C38H36F5N11O4/c1-37(2,38(41,42)43)35-47-31(49-50-35)18-46-34(56)30-15-26(51-58-30)33-44-16-21(17-45-33)23-5-3-20(13-24(23)39)19-52-10-7-29-28(52)8-11-53(29)22-4-6-27(25(40)14-22)54-12-9-32(55)48-36(54)57/h3-6,13-17,28-29H,7-12,18-19H2,1-2H3,(H,46,56)(H,47,49,50)(H,48,55,57)/t28-,29-/m0/s1. The summed E-state index contributed by atoms with van der Waals surface area (Å²) in [6.45, 7) is 3.78. The summed E-state index contributed by atoms with van der Waals surface area (Å²) in [4.78, 5) is 54.5. The highest BCUT2D eigenvalue weighted by Gasteiger charge is 2.51. The zero-order valence-electron chi connectivity index (χ0n) is 31.1. The van der Waals surface area contributed by atoms with Gasteiger partial charge >= 0.3 is 12.2 Å². The van der Waals surface area contributed by atoms with Crippen LogP contribution in [0.3, 0.4) is 0 Å². The van der Waals surface area contributed by atoms with E-state index in [1.165, 1.54) is 35.5 Å². The van der Waals surface area contributed by atoms with Gasteiger partial charge < -0.3 is 14.7 Å². The first-order valence-corrected chi connectivity index (χ1v) is 18.4. The van der Waals surface area contributed by atoms with E-state index in [0.717, 1.165) is 51.0 Å². The molecular weight excluding hydrogens is 769 g/mol. The van der Waals surface area contributed by atoms with Gasteiger partial charge in [0.1, 0.15) is 22.9 Å². The molecule has 5 aromatic rings. The number of nitrogens with zero attached hydrogens (tertiary/aromatic N) is 8. The van der Waals surface area contributed by atoms with Crippen LogP contribution >= 0.6 is 0 Å². The van der Waals surface area contributed by atoms with E-state index >= 15 is 8.78 Å². The molecule has 0 radical (unpaired) electrons. The number of aromatic nitrogens is 6. The van der Waals surface area contributed by atoms with Crippen molar-refractivity contribution in [2.45, 2.75) is 69.9 Å². The Hall–Kier alpha value is -6.31. The van der Waals surface area contributed by atoms with Crippen LogP contribution in [-0.4, -0.2) is 90.9 Å². The summed E-state index contributed by atoms with van der Waals surface area (Å²) in [6, 6.07) is 10.8. The van der Waals surface area contributed by atoms with Crippen molar-refractivity contribution < 1.29 is 40.9 Å². The van der Waals surface area contributed by atoms with E-state index in [4.69, 9.17) is 4.52 Å². The minimum atomic E-state index is -4.57. The van der Waals surface area contributed by atoms with E-state index in [1.54, 1.807) is 18.2 Å². The first-order valence-electron chi connectivity index (χ1n) is 18.4. The lowest BCUT2D eigenvalue weighted by atomic mass is 9.92. The lowest BCUT2D eigenvalue weighted by molar-refractivity contribution is -0.182. The topological polar surface area (TPSA) is 178 Å². The maximum absolute atomic E-state index is 15.5. The van der Waals surface area contributed by atoms with Crippen molar-refractivity contribution in [3.63, 3.8) is 0 Å². The first-order chi connectivity index (χ1) is 27.7. The van der Waals surface area contributed by atoms with Crippen LogP contribution in [0.15, 0.2) is 59.4 Å². The molecule has 0 aliphatic carbocycles. The van der Waals surface area contributed by atoms with Crippen molar-refractivity contribution in [2.75, 3.05) is 29.4 Å². The Morgan fingerprint density at radius 1 is 0.966 bits per heavy atom. The van der Waals surface area contributed by atoms with Gasteiger partial charge in [-0.1, -0.05) is 17.3 Å². The predicted molar refractivity (Wildman–Crippen MR) is 196 cm³/mol. The Balaban J connectivity index is 0.861. The molecule has 6 heterocycles. The summed E-state index contributed by atoms with van der Waals surface area (Å²) in [7, 11) is 0. The molecule has 0 spiro atoms. The Bertz CT molecular complexity index is 2380. The maximum atomic E-state index is 15.5. The van der Waals surface area contributed by atoms with Crippen LogP contribution < -0.4 is 20.4 Å². The number of alkyl halides is 3. The number of anilines is 2. The quantitative estimate of drug-likeness (QED) is 0.157. The van der Waals surface area contributed by atoms with E-state index in [1.807, 2.05) is 6.07 Å². The van der Waals surface area contributed by atoms with E-state index in [9.17, 15) is 27.6 Å². The number of likely N-dealkylation sites (tertiary alicyclic amines) is 1. The molecule has 4 amide bonds. The van der Waals surface area contributed by atoms with Gasteiger partial charge in [0, 0.05) is 80.0 Å². The molecule has 8 rings (SSSR count). The normalized spacial score (nSPS) is 18.8. The number of aromatic amines is 1. The number of fused-ring (bicyclic) bond motifs is 1. The molecule has 15 nitrogen and oxygen atoms in total. The number of hydrogen-bond donors (Lipinski definition) is 3. The van der Waals surface area contributed by atoms with Crippen molar-refractivity contribution in [2.24, 2.45) is 0 Å². The molecule has 302 valence electrons. The number of hydrogen-bond acceptors (Lipinski definition) is 11. The Morgan fingerprint density at radius 2 is 1.74 bits per heavy atom. The molecular formula is C38H36F5N11O4. The largest absolute Gasteiger partial charge is 0.401 e. The molecule has 20 heteroatoms. The molecule has 0 bridgehead atoms. The average molecular weight is 806 g/mol. The maximum Gasteiger partial charge on any atom is 0.401 e. The molecule has 2 atom stereocenters. The first kappa shape index (κ1) is 38.6. The molecule has 0 saturated carbocycles. The van der Waals surface area contributed by atoms with Gasteiger partial charge in [-0.3, -0.25) is 29.8 Å². The molecule has 3 aliphatic rings. The van der Waals surface area contributed by atoms with Gasteiger partial charge in [-0.25, -0.2) is 28.5 Å². The number of nitrogens with one attached hydrogen (secondary N) is 3. The van der Waals surface area contributed by atoms with E-state index in [-0.39, 0.29) is 71.9 Å². The van der Waals surface area contributed by atoms with Crippen molar-refractivity contribution in [3.8, 4) is 22.6 Å². The molecule has 58 heavy (non-hydrogen) atoms. The number of H-pyrrole nitrogens is 1. The van der Waals surface area contributed by atoms with Crippen LogP contribution in [-0.2, 0) is 23.3 Å². The Labute approximate surface area is 327 Å². The van der Waals surface area contributed by atoms with Gasteiger partial charge in [0.25, 0.3) is 5.91 Å². The van der Waals surface area contributed by atoms with Crippen molar-refractivity contribution in [1.82, 2.24) is 45.8 Å². The van der Waals surface area contributed by atoms with Crippen molar-refractivity contribution in [1.29, 1.82) is 0 Å². The minimum absolute atomic E-state index is 0.0108. The predicted octanol–water partition coefficient (Wildman–Crippen LogP) is 5.26. The molecule has 3 aliphatic heterocycles. The third-order valence-corrected chi connectivity index (χ3v) is 10.9. The van der Waals surface area contributed by atoms with Gasteiger partial charge in [-0.15, -0.1) is 0 Å². The number of carbonyl (C=O) groups is 3. The number of carbonyl (C=O) groups excluding carboxylic acids is 3. The van der Waals surface area contributed by atoms with Gasteiger partial charge in [0.2, 0.25) is 11.7 Å². The summed E-state index contributed by atoms with van der Waals surface area (Å²) in [5.74, 6) is -2.65. The molecule has 2 aromatic carbocycles. The van der Waals surface area contributed by atoms with Crippen molar-refractivity contribution in [3.05, 3.63) is 89.5 Å². The summed E-state index contributed by atoms with van der Waals surface area (Å²) in [5, 5.41) is 14.6.